The molecule has 200 valence electrons. The molecule has 3 aromatic heterocycles. The average Bonchev–Trinajstić information content (AvgIpc) is 3.47. The van der Waals surface area contributed by atoms with Crippen molar-refractivity contribution < 1.29 is 9.15 Å². The van der Waals surface area contributed by atoms with Gasteiger partial charge in [0.1, 0.15) is 11.3 Å². The van der Waals surface area contributed by atoms with Gasteiger partial charge in [-0.3, -0.25) is 4.79 Å². The van der Waals surface area contributed by atoms with Crippen LogP contribution in [0.2, 0.25) is 5.02 Å². The molecule has 3 heterocycles. The van der Waals surface area contributed by atoms with E-state index in [1.807, 2.05) is 82.3 Å². The minimum absolute atomic E-state index is 0.110. The van der Waals surface area contributed by atoms with Crippen LogP contribution in [0.4, 0.5) is 0 Å². The molecule has 0 spiro atoms. The van der Waals surface area contributed by atoms with Gasteiger partial charge in [0.25, 0.3) is 5.56 Å². The van der Waals surface area contributed by atoms with Crippen molar-refractivity contribution in [1.82, 2.24) is 14.2 Å². The van der Waals surface area contributed by atoms with E-state index in [4.69, 9.17) is 25.7 Å². The molecule has 0 atom stereocenters. The molecular weight excluding hydrogens is 524 g/mol. The molecule has 0 fully saturated rings. The number of nitrogens with zero attached hydrogens (tertiary/aromatic N) is 4. The van der Waals surface area contributed by atoms with Crippen molar-refractivity contribution in [3.05, 3.63) is 111 Å². The van der Waals surface area contributed by atoms with E-state index in [1.54, 1.807) is 30.5 Å². The first-order valence-corrected chi connectivity index (χ1v) is 13.4. The molecule has 40 heavy (non-hydrogen) atoms. The van der Waals surface area contributed by atoms with Gasteiger partial charge in [0.2, 0.25) is 5.82 Å². The first-order valence-electron chi connectivity index (χ1n) is 13.0. The van der Waals surface area contributed by atoms with Gasteiger partial charge in [-0.15, -0.1) is 0 Å². The third-order valence-corrected chi connectivity index (χ3v) is 6.94. The number of benzene rings is 3. The summed E-state index contributed by atoms with van der Waals surface area (Å²) < 4.78 is 15.3. The Morgan fingerprint density at radius 1 is 1.00 bits per heavy atom. The predicted octanol–water partition coefficient (Wildman–Crippen LogP) is 7.54. The van der Waals surface area contributed by atoms with Gasteiger partial charge in [-0.1, -0.05) is 23.7 Å². The van der Waals surface area contributed by atoms with Gasteiger partial charge in [-0.25, -0.2) is 4.98 Å². The lowest BCUT2D eigenvalue weighted by Crippen LogP contribution is -2.20. The zero-order chi connectivity index (χ0) is 28.0. The molecular formula is C32H27ClN4O3. The summed E-state index contributed by atoms with van der Waals surface area (Å²) in [5, 5.41) is 6.52. The van der Waals surface area contributed by atoms with Crippen LogP contribution in [0.3, 0.4) is 0 Å². The Hall–Kier alpha value is -4.62. The van der Waals surface area contributed by atoms with Crippen LogP contribution in [0, 0.1) is 13.8 Å². The minimum atomic E-state index is -0.287. The van der Waals surface area contributed by atoms with E-state index in [0.29, 0.717) is 33.1 Å². The highest BCUT2D eigenvalue weighted by Gasteiger charge is 2.17. The van der Waals surface area contributed by atoms with Gasteiger partial charge in [0.15, 0.2) is 5.76 Å². The summed E-state index contributed by atoms with van der Waals surface area (Å²) in [5.74, 6) is 1.56. The van der Waals surface area contributed by atoms with Gasteiger partial charge < -0.3 is 13.7 Å². The standard InChI is InChI=1S/C32H27ClN4O3/c1-19(2)39-26-12-10-25(11-13-26)36-20(3)15-23(21(36)4)18-34-37-31(35-28-8-6-5-7-27(28)32(37)38)30-17-22-16-24(33)9-14-29(22)40-30/h5-19H,1-4H3. The van der Waals surface area contributed by atoms with E-state index >= 15 is 0 Å². The first-order chi connectivity index (χ1) is 19.3. The van der Waals surface area contributed by atoms with Crippen molar-refractivity contribution >= 4 is 39.7 Å². The van der Waals surface area contributed by atoms with Crippen molar-refractivity contribution in [2.45, 2.75) is 33.8 Å². The fourth-order valence-corrected chi connectivity index (χ4v) is 5.08. The molecule has 0 aliphatic rings. The Morgan fingerprint density at radius 3 is 2.55 bits per heavy atom. The maximum Gasteiger partial charge on any atom is 0.282 e. The monoisotopic (exact) mass is 550 g/mol. The Morgan fingerprint density at radius 2 is 1.77 bits per heavy atom. The van der Waals surface area contributed by atoms with Crippen LogP contribution >= 0.6 is 11.6 Å². The zero-order valence-corrected chi connectivity index (χ0v) is 23.3. The van der Waals surface area contributed by atoms with Crippen LogP contribution in [-0.2, 0) is 0 Å². The maximum absolute atomic E-state index is 13.6. The highest BCUT2D eigenvalue weighted by Crippen LogP contribution is 2.29. The lowest BCUT2D eigenvalue weighted by atomic mass is 10.2. The molecule has 0 unspecified atom stereocenters. The van der Waals surface area contributed by atoms with E-state index < -0.39 is 0 Å². The molecule has 0 saturated carbocycles. The van der Waals surface area contributed by atoms with Crippen LogP contribution in [-0.4, -0.2) is 26.5 Å². The molecule has 6 aromatic rings. The number of halogens is 1. The number of aryl methyl sites for hydroxylation is 1. The Bertz CT molecular complexity index is 1960. The number of hydrogen-bond acceptors (Lipinski definition) is 5. The number of ether oxygens (including phenoxy) is 1. The topological polar surface area (TPSA) is 74.5 Å². The smallest absolute Gasteiger partial charge is 0.282 e. The molecule has 0 aliphatic carbocycles. The molecule has 0 radical (unpaired) electrons. The summed E-state index contributed by atoms with van der Waals surface area (Å²) in [7, 11) is 0. The van der Waals surface area contributed by atoms with Gasteiger partial charge in [0.05, 0.1) is 23.2 Å². The van der Waals surface area contributed by atoms with E-state index in [0.717, 1.165) is 33.8 Å². The lowest BCUT2D eigenvalue weighted by Gasteiger charge is -2.13. The number of hydrogen-bond donors (Lipinski definition) is 0. The maximum atomic E-state index is 13.6. The highest BCUT2D eigenvalue weighted by atomic mass is 35.5. The normalized spacial score (nSPS) is 11.8. The molecule has 0 saturated heterocycles. The van der Waals surface area contributed by atoms with E-state index in [9.17, 15) is 4.79 Å². The Balaban J connectivity index is 1.44. The third-order valence-electron chi connectivity index (χ3n) is 6.70. The quantitative estimate of drug-likeness (QED) is 0.201. The third kappa shape index (κ3) is 4.69. The van der Waals surface area contributed by atoms with E-state index in [-0.39, 0.29) is 11.7 Å². The molecule has 6 rings (SSSR count). The lowest BCUT2D eigenvalue weighted by molar-refractivity contribution is 0.242. The van der Waals surface area contributed by atoms with Crippen molar-refractivity contribution in [2.75, 3.05) is 0 Å². The number of para-hydroxylation sites is 1. The summed E-state index contributed by atoms with van der Waals surface area (Å²) in [6, 6.07) is 24.4. The summed E-state index contributed by atoms with van der Waals surface area (Å²) in [6.45, 7) is 8.08. The second kappa shape index (κ2) is 10.2. The van der Waals surface area contributed by atoms with E-state index in [1.165, 1.54) is 4.68 Å². The van der Waals surface area contributed by atoms with Crippen LogP contribution in [0.5, 0.6) is 5.75 Å². The molecule has 0 aliphatic heterocycles. The fourth-order valence-electron chi connectivity index (χ4n) is 4.90. The largest absolute Gasteiger partial charge is 0.491 e. The van der Waals surface area contributed by atoms with Crippen molar-refractivity contribution in [3.63, 3.8) is 0 Å². The van der Waals surface area contributed by atoms with Crippen LogP contribution < -0.4 is 10.3 Å². The van der Waals surface area contributed by atoms with Crippen molar-refractivity contribution in [1.29, 1.82) is 0 Å². The summed E-state index contributed by atoms with van der Waals surface area (Å²) in [5.41, 5.74) is 4.83. The first kappa shape index (κ1) is 25.6. The Kier molecular flexibility index (Phi) is 6.52. The SMILES string of the molecule is Cc1cc(C=Nn2c(-c3cc4cc(Cl)ccc4o3)nc3ccccc3c2=O)c(C)n1-c1ccc(OC(C)C)cc1. The van der Waals surface area contributed by atoms with Crippen molar-refractivity contribution in [2.24, 2.45) is 5.10 Å². The summed E-state index contributed by atoms with van der Waals surface area (Å²) in [4.78, 5) is 18.4. The molecule has 0 N–H and O–H groups in total. The fraction of sp³-hybridized carbons (Fsp3) is 0.156. The van der Waals surface area contributed by atoms with Gasteiger partial charge in [-0.2, -0.15) is 9.78 Å². The second-order valence-electron chi connectivity index (χ2n) is 9.93. The van der Waals surface area contributed by atoms with Gasteiger partial charge >= 0.3 is 0 Å². The minimum Gasteiger partial charge on any atom is -0.491 e. The summed E-state index contributed by atoms with van der Waals surface area (Å²) >= 11 is 6.18. The van der Waals surface area contributed by atoms with Gasteiger partial charge in [-0.05, 0) is 94.4 Å². The van der Waals surface area contributed by atoms with Crippen molar-refractivity contribution in [3.8, 4) is 23.0 Å². The number of rotatable bonds is 6. The Labute approximate surface area is 235 Å². The molecule has 8 heteroatoms. The van der Waals surface area contributed by atoms with Gasteiger partial charge in [0, 0.05) is 33.0 Å². The number of furan rings is 1. The number of fused-ring (bicyclic) bond motifs is 2. The zero-order valence-electron chi connectivity index (χ0n) is 22.6. The number of aromatic nitrogens is 3. The van der Waals surface area contributed by atoms with Crippen LogP contribution in [0.25, 0.3) is 39.1 Å². The second-order valence-corrected chi connectivity index (χ2v) is 10.4. The molecule has 0 bridgehead atoms. The molecule has 3 aromatic carbocycles. The highest BCUT2D eigenvalue weighted by molar-refractivity contribution is 6.31. The van der Waals surface area contributed by atoms with Crippen LogP contribution in [0.1, 0.15) is 30.8 Å². The summed E-state index contributed by atoms with van der Waals surface area (Å²) in [6.07, 6.45) is 1.80. The average molecular weight is 551 g/mol. The molecule has 0 amide bonds. The predicted molar refractivity (Wildman–Crippen MR) is 160 cm³/mol. The molecule has 7 nitrogen and oxygen atoms in total. The van der Waals surface area contributed by atoms with Crippen LogP contribution in [0.15, 0.2) is 93.2 Å². The van der Waals surface area contributed by atoms with E-state index in [2.05, 4.69) is 9.67 Å².